The summed E-state index contributed by atoms with van der Waals surface area (Å²) in [6, 6.07) is 4.38. The molecule has 0 spiro atoms. The molecule has 26 heavy (non-hydrogen) atoms. The number of rotatable bonds is 6. The van der Waals surface area contributed by atoms with Crippen LogP contribution in [-0.2, 0) is 6.54 Å². The fourth-order valence-electron chi connectivity index (χ4n) is 3.63. The molecule has 1 fully saturated rings. The Morgan fingerprint density at radius 1 is 1.38 bits per heavy atom. The van der Waals surface area contributed by atoms with Crippen LogP contribution in [0, 0.1) is 5.92 Å². The fourth-order valence-corrected chi connectivity index (χ4v) is 4.51. The number of anilines is 1. The van der Waals surface area contributed by atoms with Gasteiger partial charge >= 0.3 is 6.03 Å². The van der Waals surface area contributed by atoms with Crippen molar-refractivity contribution in [2.75, 3.05) is 11.9 Å². The van der Waals surface area contributed by atoms with Gasteiger partial charge in [-0.05, 0) is 42.5 Å². The Kier molecular flexibility index (Phi) is 6.01. The van der Waals surface area contributed by atoms with E-state index in [9.17, 15) is 4.79 Å². The van der Waals surface area contributed by atoms with Crippen molar-refractivity contribution in [2.24, 2.45) is 5.92 Å². The van der Waals surface area contributed by atoms with Gasteiger partial charge in [0, 0.05) is 18.0 Å². The highest BCUT2D eigenvalue weighted by Gasteiger charge is 2.31. The predicted octanol–water partition coefficient (Wildman–Crippen LogP) is 5.48. The third-order valence-electron chi connectivity index (χ3n) is 4.97. The van der Waals surface area contributed by atoms with Gasteiger partial charge < -0.3 is 10.2 Å². The fraction of sp³-hybridized carbons (Fsp3) is 0.600. The summed E-state index contributed by atoms with van der Waals surface area (Å²) in [7, 11) is 0. The van der Waals surface area contributed by atoms with Crippen LogP contribution in [0.25, 0.3) is 0 Å². The zero-order valence-corrected chi connectivity index (χ0v) is 17.1. The molecule has 5 nitrogen and oxygen atoms in total. The van der Waals surface area contributed by atoms with Crippen molar-refractivity contribution in [3.05, 3.63) is 34.3 Å². The standard InChI is InChI=1S/C20H30N4OS/c1-14(2)9-11-24-19(15(3)4)16(13-21-24)22-20(25)23-10-5-7-17(23)18-8-6-12-26-18/h6,8,12-15,17H,5,7,9-11H2,1-4H3,(H,22,25). The molecule has 1 saturated heterocycles. The van der Waals surface area contributed by atoms with Crippen LogP contribution in [0.5, 0.6) is 0 Å². The molecule has 0 saturated carbocycles. The summed E-state index contributed by atoms with van der Waals surface area (Å²) in [6.07, 6.45) is 4.99. The molecule has 6 heteroatoms. The van der Waals surface area contributed by atoms with Crippen molar-refractivity contribution in [3.63, 3.8) is 0 Å². The third kappa shape index (κ3) is 4.11. The maximum atomic E-state index is 13.0. The second kappa shape index (κ2) is 8.25. The molecule has 1 atom stereocenters. The summed E-state index contributed by atoms with van der Waals surface area (Å²) in [5.41, 5.74) is 1.97. The van der Waals surface area contributed by atoms with Crippen LogP contribution in [0.2, 0.25) is 0 Å². The number of nitrogens with one attached hydrogen (secondary N) is 1. The van der Waals surface area contributed by atoms with Crippen LogP contribution in [0.15, 0.2) is 23.7 Å². The van der Waals surface area contributed by atoms with Gasteiger partial charge in [-0.15, -0.1) is 11.3 Å². The van der Waals surface area contributed by atoms with Crippen LogP contribution in [0.3, 0.4) is 0 Å². The first-order valence-corrected chi connectivity index (χ1v) is 10.5. The monoisotopic (exact) mass is 374 g/mol. The van der Waals surface area contributed by atoms with Crippen LogP contribution < -0.4 is 5.32 Å². The number of nitrogens with zero attached hydrogens (tertiary/aromatic N) is 3. The number of hydrogen-bond acceptors (Lipinski definition) is 3. The number of hydrogen-bond donors (Lipinski definition) is 1. The maximum Gasteiger partial charge on any atom is 0.322 e. The van der Waals surface area contributed by atoms with Gasteiger partial charge in [0.25, 0.3) is 0 Å². The number of aromatic nitrogens is 2. The number of thiophene rings is 1. The minimum atomic E-state index is -0.00814. The zero-order valence-electron chi connectivity index (χ0n) is 16.2. The molecule has 2 aromatic rings. The zero-order chi connectivity index (χ0) is 18.7. The van der Waals surface area contributed by atoms with Gasteiger partial charge in [-0.3, -0.25) is 4.68 Å². The summed E-state index contributed by atoms with van der Waals surface area (Å²) in [5.74, 6) is 0.944. The molecule has 0 bridgehead atoms. The molecule has 3 rings (SSSR count). The molecule has 1 aliphatic rings. The lowest BCUT2D eigenvalue weighted by molar-refractivity contribution is 0.208. The van der Waals surface area contributed by atoms with Crippen molar-refractivity contribution in [1.29, 1.82) is 0 Å². The van der Waals surface area contributed by atoms with E-state index >= 15 is 0 Å². The van der Waals surface area contributed by atoms with Gasteiger partial charge in [-0.2, -0.15) is 5.10 Å². The van der Waals surface area contributed by atoms with E-state index in [1.807, 2.05) is 11.1 Å². The molecule has 3 heterocycles. The van der Waals surface area contributed by atoms with Crippen LogP contribution in [0.1, 0.15) is 69.5 Å². The molecule has 1 N–H and O–H groups in total. The lowest BCUT2D eigenvalue weighted by atomic mass is 10.1. The topological polar surface area (TPSA) is 50.2 Å². The Morgan fingerprint density at radius 2 is 2.19 bits per heavy atom. The third-order valence-corrected chi connectivity index (χ3v) is 5.95. The molecular formula is C20H30N4OS. The SMILES string of the molecule is CC(C)CCn1ncc(NC(=O)N2CCCC2c2cccs2)c1C(C)C. The van der Waals surface area contributed by atoms with E-state index in [0.717, 1.165) is 43.7 Å². The van der Waals surface area contributed by atoms with Crippen molar-refractivity contribution in [3.8, 4) is 0 Å². The summed E-state index contributed by atoms with van der Waals surface area (Å²) in [5, 5.41) is 9.77. The number of carbonyl (C=O) groups excluding carboxylic acids is 1. The van der Waals surface area contributed by atoms with Crippen molar-refractivity contribution in [1.82, 2.24) is 14.7 Å². The lowest BCUT2D eigenvalue weighted by Gasteiger charge is -2.24. The van der Waals surface area contributed by atoms with E-state index in [4.69, 9.17) is 0 Å². The van der Waals surface area contributed by atoms with E-state index in [1.165, 1.54) is 4.88 Å². The Hall–Kier alpha value is -1.82. The predicted molar refractivity (Wildman–Crippen MR) is 108 cm³/mol. The summed E-state index contributed by atoms with van der Waals surface area (Å²) >= 11 is 1.73. The average Bonchev–Trinajstić information content (AvgIpc) is 3.32. The number of urea groups is 1. The molecule has 0 radical (unpaired) electrons. The van der Waals surface area contributed by atoms with Gasteiger partial charge in [0.2, 0.25) is 0 Å². The number of aryl methyl sites for hydroxylation is 1. The van der Waals surface area contributed by atoms with E-state index in [2.05, 4.69) is 60.3 Å². The number of carbonyl (C=O) groups is 1. The molecule has 0 aromatic carbocycles. The highest BCUT2D eigenvalue weighted by atomic mass is 32.1. The summed E-state index contributed by atoms with van der Waals surface area (Å²) in [4.78, 5) is 16.2. The Morgan fingerprint density at radius 3 is 2.85 bits per heavy atom. The average molecular weight is 375 g/mol. The number of amides is 2. The first-order chi connectivity index (χ1) is 12.5. The Labute approximate surface area is 160 Å². The summed E-state index contributed by atoms with van der Waals surface area (Å²) < 4.78 is 2.06. The Bertz CT molecular complexity index is 720. The normalized spacial score (nSPS) is 17.5. The van der Waals surface area contributed by atoms with E-state index in [1.54, 1.807) is 11.3 Å². The molecule has 2 amide bonds. The van der Waals surface area contributed by atoms with E-state index < -0.39 is 0 Å². The highest BCUT2D eigenvalue weighted by Crippen LogP contribution is 2.35. The highest BCUT2D eigenvalue weighted by molar-refractivity contribution is 7.10. The first kappa shape index (κ1) is 19.0. The van der Waals surface area contributed by atoms with Gasteiger partial charge in [-0.1, -0.05) is 33.8 Å². The van der Waals surface area contributed by atoms with Gasteiger partial charge in [0.05, 0.1) is 23.6 Å². The largest absolute Gasteiger partial charge is 0.322 e. The maximum absolute atomic E-state index is 13.0. The van der Waals surface area contributed by atoms with E-state index in [0.29, 0.717) is 11.8 Å². The van der Waals surface area contributed by atoms with E-state index in [-0.39, 0.29) is 12.1 Å². The van der Waals surface area contributed by atoms with Crippen LogP contribution in [0.4, 0.5) is 10.5 Å². The van der Waals surface area contributed by atoms with Gasteiger partial charge in [0.15, 0.2) is 0 Å². The minimum absolute atomic E-state index is 0.00814. The Balaban J connectivity index is 1.74. The van der Waals surface area contributed by atoms with Crippen molar-refractivity contribution >= 4 is 23.1 Å². The molecular weight excluding hydrogens is 344 g/mol. The van der Waals surface area contributed by atoms with Crippen molar-refractivity contribution < 1.29 is 4.79 Å². The molecule has 0 aliphatic carbocycles. The first-order valence-electron chi connectivity index (χ1n) is 9.64. The molecule has 142 valence electrons. The second-order valence-corrected chi connectivity index (χ2v) is 8.78. The second-order valence-electron chi connectivity index (χ2n) is 7.80. The van der Waals surface area contributed by atoms with Crippen LogP contribution in [-0.4, -0.2) is 27.3 Å². The minimum Gasteiger partial charge on any atom is -0.317 e. The smallest absolute Gasteiger partial charge is 0.317 e. The quantitative estimate of drug-likeness (QED) is 0.727. The molecule has 2 aromatic heterocycles. The van der Waals surface area contributed by atoms with Crippen molar-refractivity contribution in [2.45, 2.75) is 65.5 Å². The summed E-state index contributed by atoms with van der Waals surface area (Å²) in [6.45, 7) is 10.5. The number of likely N-dealkylation sites (tertiary alicyclic amines) is 1. The molecule has 1 unspecified atom stereocenters. The lowest BCUT2D eigenvalue weighted by Crippen LogP contribution is -2.34. The van der Waals surface area contributed by atoms with Crippen LogP contribution >= 0.6 is 11.3 Å². The van der Waals surface area contributed by atoms with Gasteiger partial charge in [-0.25, -0.2) is 4.79 Å². The van der Waals surface area contributed by atoms with Gasteiger partial charge in [0.1, 0.15) is 0 Å². The molecule has 1 aliphatic heterocycles.